The molecule has 1 N–H and O–H groups in total. The maximum absolute atomic E-state index is 12.0. The van der Waals surface area contributed by atoms with Crippen LogP contribution in [0.3, 0.4) is 0 Å². The Morgan fingerprint density at radius 2 is 2.00 bits per heavy atom. The number of carbonyl (C=O) groups is 1. The van der Waals surface area contributed by atoms with Crippen molar-refractivity contribution in [3.05, 3.63) is 59.7 Å². The Kier molecular flexibility index (Phi) is 6.25. The Bertz CT molecular complexity index is 816. The number of terminal acetylenes is 1. The van der Waals surface area contributed by atoms with Gasteiger partial charge in [0.25, 0.3) is 0 Å². The second-order valence-corrected chi connectivity index (χ2v) is 5.62. The molecule has 0 saturated heterocycles. The number of benzene rings is 2. The summed E-state index contributed by atoms with van der Waals surface area (Å²) in [5.74, 6) is 3.59. The van der Waals surface area contributed by atoms with Gasteiger partial charge in [-0.25, -0.2) is 0 Å². The molecule has 0 fully saturated rings. The second-order valence-electron chi connectivity index (χ2n) is 5.62. The highest BCUT2D eigenvalue weighted by molar-refractivity contribution is 6.02. The zero-order valence-electron chi connectivity index (χ0n) is 14.6. The fourth-order valence-corrected chi connectivity index (χ4v) is 2.18. The summed E-state index contributed by atoms with van der Waals surface area (Å²) < 4.78 is 11.0. The lowest BCUT2D eigenvalue weighted by Gasteiger charge is -2.13. The molecule has 0 saturated carbocycles. The number of carbonyl (C=O) groups excluding carboxylic acids is 1. The van der Waals surface area contributed by atoms with E-state index in [-0.39, 0.29) is 12.0 Å². The van der Waals surface area contributed by atoms with Crippen LogP contribution < -0.4 is 14.8 Å². The molecule has 0 heterocycles. The normalized spacial score (nSPS) is 10.5. The van der Waals surface area contributed by atoms with Crippen LogP contribution in [0, 0.1) is 12.3 Å². The molecule has 25 heavy (non-hydrogen) atoms. The topological polar surface area (TPSA) is 47.6 Å². The maximum atomic E-state index is 12.0. The van der Waals surface area contributed by atoms with E-state index in [1.165, 1.54) is 6.08 Å². The molecular weight excluding hydrogens is 314 g/mol. The van der Waals surface area contributed by atoms with Crippen LogP contribution in [0.5, 0.6) is 11.5 Å². The minimum atomic E-state index is -0.240. The fraction of sp³-hybridized carbons (Fsp3) is 0.190. The minimum absolute atomic E-state index is 0.0554. The van der Waals surface area contributed by atoms with Gasteiger partial charge in [-0.05, 0) is 55.8 Å². The first-order valence-corrected chi connectivity index (χ1v) is 7.92. The number of ether oxygens (including phenoxy) is 2. The van der Waals surface area contributed by atoms with Crippen molar-refractivity contribution in [3.63, 3.8) is 0 Å². The van der Waals surface area contributed by atoms with Gasteiger partial charge in [-0.2, -0.15) is 0 Å². The maximum Gasteiger partial charge on any atom is 0.248 e. The molecule has 0 bridgehead atoms. The van der Waals surface area contributed by atoms with Crippen molar-refractivity contribution < 1.29 is 14.3 Å². The van der Waals surface area contributed by atoms with Crippen LogP contribution in [-0.4, -0.2) is 19.1 Å². The van der Waals surface area contributed by atoms with Gasteiger partial charge in [0.15, 0.2) is 11.5 Å². The standard InChI is InChI=1S/C21H21NO3/c1-5-16-7-6-8-18(13-16)22-21(23)12-10-17-9-11-19(25-15(2)3)20(14-17)24-4/h1,6-15H,2-4H3,(H,22,23)/b12-10+. The highest BCUT2D eigenvalue weighted by Gasteiger charge is 2.07. The molecule has 0 spiro atoms. The quantitative estimate of drug-likeness (QED) is 0.638. The summed E-state index contributed by atoms with van der Waals surface area (Å²) in [6, 6.07) is 12.6. The van der Waals surface area contributed by atoms with Crippen molar-refractivity contribution in [2.75, 3.05) is 12.4 Å². The number of amides is 1. The highest BCUT2D eigenvalue weighted by atomic mass is 16.5. The molecule has 0 atom stereocenters. The first-order chi connectivity index (χ1) is 12.0. The van der Waals surface area contributed by atoms with E-state index in [9.17, 15) is 4.79 Å². The number of rotatable bonds is 6. The summed E-state index contributed by atoms with van der Waals surface area (Å²) in [4.78, 5) is 12.0. The van der Waals surface area contributed by atoms with Crippen LogP contribution in [0.1, 0.15) is 25.0 Å². The lowest BCUT2D eigenvalue weighted by atomic mass is 10.1. The van der Waals surface area contributed by atoms with Crippen molar-refractivity contribution >= 4 is 17.7 Å². The monoisotopic (exact) mass is 335 g/mol. The van der Waals surface area contributed by atoms with Gasteiger partial charge in [0.1, 0.15) is 0 Å². The molecule has 2 aromatic rings. The summed E-state index contributed by atoms with van der Waals surface area (Å²) in [7, 11) is 1.58. The molecule has 0 aliphatic rings. The van der Waals surface area contributed by atoms with Crippen LogP contribution in [0.15, 0.2) is 48.5 Å². The van der Waals surface area contributed by atoms with Gasteiger partial charge in [-0.15, -0.1) is 6.42 Å². The molecular formula is C21H21NO3. The molecule has 128 valence electrons. The van der Waals surface area contributed by atoms with Crippen molar-refractivity contribution in [1.82, 2.24) is 0 Å². The third-order valence-electron chi connectivity index (χ3n) is 3.27. The van der Waals surface area contributed by atoms with Gasteiger partial charge in [0, 0.05) is 17.3 Å². The van der Waals surface area contributed by atoms with Crippen LogP contribution in [-0.2, 0) is 4.79 Å². The van der Waals surface area contributed by atoms with E-state index in [0.717, 1.165) is 5.56 Å². The average molecular weight is 335 g/mol. The lowest BCUT2D eigenvalue weighted by Crippen LogP contribution is -2.08. The summed E-state index contributed by atoms with van der Waals surface area (Å²) in [5, 5.41) is 2.78. The molecule has 0 aliphatic heterocycles. The van der Waals surface area contributed by atoms with Crippen molar-refractivity contribution in [2.24, 2.45) is 0 Å². The van der Waals surface area contributed by atoms with Gasteiger partial charge in [0.2, 0.25) is 5.91 Å². The molecule has 0 aliphatic carbocycles. The number of hydrogen-bond acceptors (Lipinski definition) is 3. The third-order valence-corrected chi connectivity index (χ3v) is 3.27. The van der Waals surface area contributed by atoms with E-state index < -0.39 is 0 Å². The Morgan fingerprint density at radius 1 is 1.20 bits per heavy atom. The summed E-state index contributed by atoms with van der Waals surface area (Å²) in [6.07, 6.45) is 8.58. The van der Waals surface area contributed by atoms with Crippen LogP contribution >= 0.6 is 0 Å². The Hall–Kier alpha value is -3.19. The number of nitrogens with one attached hydrogen (secondary N) is 1. The second kappa shape index (κ2) is 8.60. The van der Waals surface area contributed by atoms with E-state index in [1.807, 2.05) is 32.0 Å². The first-order valence-electron chi connectivity index (χ1n) is 7.92. The van der Waals surface area contributed by atoms with Gasteiger partial charge in [-0.3, -0.25) is 4.79 Å². The van der Waals surface area contributed by atoms with E-state index in [4.69, 9.17) is 15.9 Å². The smallest absolute Gasteiger partial charge is 0.248 e. The average Bonchev–Trinajstić information content (AvgIpc) is 2.60. The fourth-order valence-electron chi connectivity index (χ4n) is 2.18. The Morgan fingerprint density at radius 3 is 2.68 bits per heavy atom. The zero-order chi connectivity index (χ0) is 18.2. The SMILES string of the molecule is C#Cc1cccc(NC(=O)/C=C/c2ccc(OC(C)C)c(OC)c2)c1. The Balaban J connectivity index is 2.07. The predicted molar refractivity (Wildman–Crippen MR) is 101 cm³/mol. The molecule has 0 unspecified atom stereocenters. The van der Waals surface area contributed by atoms with Crippen molar-refractivity contribution in [3.8, 4) is 23.8 Å². The summed E-state index contributed by atoms with van der Waals surface area (Å²) in [6.45, 7) is 3.90. The first kappa shape index (κ1) is 18.2. The van der Waals surface area contributed by atoms with Crippen LogP contribution in [0.25, 0.3) is 6.08 Å². The zero-order valence-corrected chi connectivity index (χ0v) is 14.6. The largest absolute Gasteiger partial charge is 0.493 e. The number of anilines is 1. The molecule has 0 radical (unpaired) electrons. The van der Waals surface area contributed by atoms with Gasteiger partial charge in [0.05, 0.1) is 13.2 Å². The molecule has 2 rings (SSSR count). The molecule has 4 nitrogen and oxygen atoms in total. The van der Waals surface area contributed by atoms with E-state index in [0.29, 0.717) is 22.7 Å². The van der Waals surface area contributed by atoms with Crippen molar-refractivity contribution in [2.45, 2.75) is 20.0 Å². The molecule has 0 aromatic heterocycles. The van der Waals surface area contributed by atoms with E-state index >= 15 is 0 Å². The van der Waals surface area contributed by atoms with Gasteiger partial charge < -0.3 is 14.8 Å². The van der Waals surface area contributed by atoms with Crippen LogP contribution in [0.2, 0.25) is 0 Å². The predicted octanol–water partition coefficient (Wildman–Crippen LogP) is 4.12. The highest BCUT2D eigenvalue weighted by Crippen LogP contribution is 2.29. The number of hydrogen-bond donors (Lipinski definition) is 1. The van der Waals surface area contributed by atoms with Gasteiger partial charge >= 0.3 is 0 Å². The lowest BCUT2D eigenvalue weighted by molar-refractivity contribution is -0.111. The molecule has 1 amide bonds. The summed E-state index contributed by atoms with van der Waals surface area (Å²) in [5.41, 5.74) is 2.20. The molecule has 2 aromatic carbocycles. The third kappa shape index (κ3) is 5.43. The minimum Gasteiger partial charge on any atom is -0.493 e. The van der Waals surface area contributed by atoms with E-state index in [2.05, 4.69) is 11.2 Å². The Labute approximate surface area is 148 Å². The van der Waals surface area contributed by atoms with Gasteiger partial charge in [-0.1, -0.05) is 18.1 Å². The molecule has 4 heteroatoms. The summed E-state index contributed by atoms with van der Waals surface area (Å²) >= 11 is 0. The van der Waals surface area contributed by atoms with Crippen LogP contribution in [0.4, 0.5) is 5.69 Å². The van der Waals surface area contributed by atoms with Crippen molar-refractivity contribution in [1.29, 1.82) is 0 Å². The number of methoxy groups -OCH3 is 1. The van der Waals surface area contributed by atoms with E-state index in [1.54, 1.807) is 37.5 Å².